The first-order valence-corrected chi connectivity index (χ1v) is 9.20. The lowest BCUT2D eigenvalue weighted by atomic mass is 9.93. The van der Waals surface area contributed by atoms with Gasteiger partial charge in [0.2, 0.25) is 0 Å². The summed E-state index contributed by atoms with van der Waals surface area (Å²) in [5, 5.41) is 10.1. The molecule has 8 heteroatoms. The van der Waals surface area contributed by atoms with Gasteiger partial charge >= 0.3 is 5.97 Å². The maximum Gasteiger partial charge on any atom is 0.308 e. The number of carboxylic acids is 1. The average Bonchev–Trinajstić information content (AvgIpc) is 2.89. The second-order valence-corrected chi connectivity index (χ2v) is 7.47. The standard InChI is InChI=1S/C19H19Cl2N3O3/c1-9(19(26)27)7-24-8-15-17(18(24)25)16(13(6-22)10(2)23-15)12-4-3-11(20)5-14(12)21/h3-5,9H,6-8,22H2,1-2H3,(H,26,27)/t9-/m1/s1. The summed E-state index contributed by atoms with van der Waals surface area (Å²) in [6.07, 6.45) is 0. The van der Waals surface area contributed by atoms with Gasteiger partial charge in [-0.2, -0.15) is 0 Å². The van der Waals surface area contributed by atoms with Crippen LogP contribution < -0.4 is 5.73 Å². The van der Waals surface area contributed by atoms with Crippen molar-refractivity contribution >= 4 is 35.1 Å². The molecule has 1 aliphatic heterocycles. The Morgan fingerprint density at radius 2 is 2.07 bits per heavy atom. The maximum absolute atomic E-state index is 13.1. The Bertz CT molecular complexity index is 946. The number of carbonyl (C=O) groups is 2. The molecule has 0 unspecified atom stereocenters. The highest BCUT2D eigenvalue weighted by atomic mass is 35.5. The van der Waals surface area contributed by atoms with Gasteiger partial charge in [0.25, 0.3) is 5.91 Å². The summed E-state index contributed by atoms with van der Waals surface area (Å²) in [4.78, 5) is 30.3. The van der Waals surface area contributed by atoms with Crippen LogP contribution in [0, 0.1) is 12.8 Å². The van der Waals surface area contributed by atoms with Crippen molar-refractivity contribution < 1.29 is 14.7 Å². The van der Waals surface area contributed by atoms with E-state index in [1.807, 2.05) is 6.92 Å². The number of aliphatic carboxylic acids is 1. The van der Waals surface area contributed by atoms with Crippen LogP contribution in [0.4, 0.5) is 0 Å². The predicted molar refractivity (Wildman–Crippen MR) is 104 cm³/mol. The monoisotopic (exact) mass is 407 g/mol. The first kappa shape index (κ1) is 19.6. The first-order valence-electron chi connectivity index (χ1n) is 8.44. The molecule has 1 atom stereocenters. The van der Waals surface area contributed by atoms with Gasteiger partial charge in [0.1, 0.15) is 0 Å². The lowest BCUT2D eigenvalue weighted by Crippen LogP contribution is -2.32. The van der Waals surface area contributed by atoms with Gasteiger partial charge in [-0.15, -0.1) is 0 Å². The summed E-state index contributed by atoms with van der Waals surface area (Å²) in [7, 11) is 0. The molecule has 6 nitrogen and oxygen atoms in total. The Labute approximate surface area is 166 Å². The minimum absolute atomic E-state index is 0.106. The third-order valence-electron chi connectivity index (χ3n) is 4.74. The molecule has 2 heterocycles. The summed E-state index contributed by atoms with van der Waals surface area (Å²) in [6.45, 7) is 3.96. The fourth-order valence-electron chi connectivity index (χ4n) is 3.35. The molecule has 0 spiro atoms. The third kappa shape index (κ3) is 3.52. The number of aromatic nitrogens is 1. The van der Waals surface area contributed by atoms with Crippen molar-refractivity contribution in [3.8, 4) is 11.1 Å². The van der Waals surface area contributed by atoms with Gasteiger partial charge in [0, 0.05) is 40.0 Å². The fourth-order valence-corrected chi connectivity index (χ4v) is 3.86. The Kier molecular flexibility index (Phi) is 5.42. The Morgan fingerprint density at radius 3 is 2.67 bits per heavy atom. The molecule has 0 bridgehead atoms. The number of benzene rings is 1. The van der Waals surface area contributed by atoms with Crippen molar-refractivity contribution in [3.05, 3.63) is 50.8 Å². The van der Waals surface area contributed by atoms with Crippen molar-refractivity contribution in [1.29, 1.82) is 0 Å². The molecular formula is C19H19Cl2N3O3. The van der Waals surface area contributed by atoms with Crippen molar-refractivity contribution in [3.63, 3.8) is 0 Å². The molecule has 1 aromatic heterocycles. The maximum atomic E-state index is 13.1. The molecule has 0 saturated carbocycles. The van der Waals surface area contributed by atoms with Gasteiger partial charge in [0.05, 0.1) is 23.7 Å². The zero-order chi connectivity index (χ0) is 19.9. The number of rotatable bonds is 5. The molecule has 3 N–H and O–H groups in total. The van der Waals surface area contributed by atoms with Crippen LogP contribution in [0.3, 0.4) is 0 Å². The van der Waals surface area contributed by atoms with Crippen LogP contribution >= 0.6 is 23.2 Å². The van der Waals surface area contributed by atoms with E-state index in [9.17, 15) is 9.59 Å². The van der Waals surface area contributed by atoms with Gasteiger partial charge in [-0.1, -0.05) is 36.2 Å². The molecule has 27 heavy (non-hydrogen) atoms. The quantitative estimate of drug-likeness (QED) is 0.790. The number of amides is 1. The Balaban J connectivity index is 2.17. The summed E-state index contributed by atoms with van der Waals surface area (Å²) in [6, 6.07) is 5.08. The van der Waals surface area contributed by atoms with Crippen molar-refractivity contribution in [2.75, 3.05) is 6.54 Å². The van der Waals surface area contributed by atoms with E-state index in [1.54, 1.807) is 25.1 Å². The minimum Gasteiger partial charge on any atom is -0.481 e. The van der Waals surface area contributed by atoms with E-state index < -0.39 is 11.9 Å². The van der Waals surface area contributed by atoms with Crippen LogP contribution in [0.2, 0.25) is 10.0 Å². The van der Waals surface area contributed by atoms with E-state index in [1.165, 1.54) is 4.90 Å². The molecule has 0 radical (unpaired) electrons. The molecule has 0 fully saturated rings. The largest absolute Gasteiger partial charge is 0.481 e. The van der Waals surface area contributed by atoms with Crippen LogP contribution in [-0.4, -0.2) is 33.4 Å². The zero-order valence-electron chi connectivity index (χ0n) is 14.9. The van der Waals surface area contributed by atoms with E-state index in [2.05, 4.69) is 4.98 Å². The summed E-state index contributed by atoms with van der Waals surface area (Å²) >= 11 is 12.4. The highest BCUT2D eigenvalue weighted by Gasteiger charge is 2.35. The van der Waals surface area contributed by atoms with Crippen molar-refractivity contribution in [2.24, 2.45) is 11.7 Å². The summed E-state index contributed by atoms with van der Waals surface area (Å²) in [5.41, 5.74) is 9.75. The normalized spacial score (nSPS) is 14.4. The molecular weight excluding hydrogens is 389 g/mol. The Hall–Kier alpha value is -2.15. The van der Waals surface area contributed by atoms with Crippen LogP contribution in [-0.2, 0) is 17.9 Å². The number of nitrogens with two attached hydrogens (primary N) is 1. The van der Waals surface area contributed by atoms with E-state index in [0.717, 1.165) is 11.3 Å². The van der Waals surface area contributed by atoms with Gasteiger partial charge in [-0.05, 0) is 24.6 Å². The van der Waals surface area contributed by atoms with Crippen molar-refractivity contribution in [2.45, 2.75) is 26.9 Å². The minimum atomic E-state index is -0.952. The highest BCUT2D eigenvalue weighted by molar-refractivity contribution is 6.36. The fraction of sp³-hybridized carbons (Fsp3) is 0.316. The van der Waals surface area contributed by atoms with E-state index in [0.29, 0.717) is 32.4 Å². The number of aryl methyl sites for hydroxylation is 1. The molecule has 142 valence electrons. The number of carbonyl (C=O) groups excluding carboxylic acids is 1. The SMILES string of the molecule is Cc1nc2c(c(-c3ccc(Cl)cc3Cl)c1CN)C(=O)N(C[C@@H](C)C(=O)O)C2. The molecule has 1 aromatic carbocycles. The van der Waals surface area contributed by atoms with Gasteiger partial charge in [0.15, 0.2) is 0 Å². The average molecular weight is 408 g/mol. The molecule has 1 amide bonds. The summed E-state index contributed by atoms with van der Waals surface area (Å²) < 4.78 is 0. The molecule has 0 aliphatic carbocycles. The van der Waals surface area contributed by atoms with Gasteiger partial charge in [-0.3, -0.25) is 14.6 Å². The third-order valence-corrected chi connectivity index (χ3v) is 5.29. The zero-order valence-corrected chi connectivity index (χ0v) is 16.4. The number of halogens is 2. The number of fused-ring (bicyclic) bond motifs is 1. The lowest BCUT2D eigenvalue weighted by molar-refractivity contribution is -0.141. The number of pyridine rings is 1. The van der Waals surface area contributed by atoms with Crippen LogP contribution in [0.25, 0.3) is 11.1 Å². The smallest absolute Gasteiger partial charge is 0.308 e. The van der Waals surface area contributed by atoms with Crippen molar-refractivity contribution in [1.82, 2.24) is 9.88 Å². The topological polar surface area (TPSA) is 96.5 Å². The number of hydrogen-bond acceptors (Lipinski definition) is 4. The highest BCUT2D eigenvalue weighted by Crippen LogP contribution is 2.39. The molecule has 1 aliphatic rings. The number of hydrogen-bond donors (Lipinski definition) is 2. The number of carboxylic acid groups (broad SMARTS) is 1. The van der Waals surface area contributed by atoms with Crippen LogP contribution in [0.15, 0.2) is 18.2 Å². The molecule has 3 rings (SSSR count). The molecule has 0 saturated heterocycles. The van der Waals surface area contributed by atoms with Crippen LogP contribution in [0.1, 0.15) is 34.2 Å². The second kappa shape index (κ2) is 7.46. The van der Waals surface area contributed by atoms with Gasteiger partial charge in [-0.25, -0.2) is 0 Å². The van der Waals surface area contributed by atoms with Crippen LogP contribution in [0.5, 0.6) is 0 Å². The van der Waals surface area contributed by atoms with E-state index in [-0.39, 0.29) is 25.5 Å². The predicted octanol–water partition coefficient (Wildman–Crippen LogP) is 3.50. The van der Waals surface area contributed by atoms with E-state index >= 15 is 0 Å². The Morgan fingerprint density at radius 1 is 1.37 bits per heavy atom. The van der Waals surface area contributed by atoms with E-state index in [4.69, 9.17) is 34.0 Å². The lowest BCUT2D eigenvalue weighted by Gasteiger charge is -2.18. The molecule has 2 aromatic rings. The summed E-state index contributed by atoms with van der Waals surface area (Å²) in [5.74, 6) is -1.89. The first-order chi connectivity index (χ1) is 12.7. The second-order valence-electron chi connectivity index (χ2n) is 6.63. The van der Waals surface area contributed by atoms with Gasteiger partial charge < -0.3 is 15.7 Å². The number of nitrogens with zero attached hydrogens (tertiary/aromatic N) is 2.